The van der Waals surface area contributed by atoms with E-state index in [0.29, 0.717) is 12.1 Å². The van der Waals surface area contributed by atoms with Crippen LogP contribution in [0.15, 0.2) is 72.8 Å². The molecule has 8 saturated carbocycles. The Morgan fingerprint density at radius 1 is 0.537 bits per heavy atom. The molecule has 3 aromatic carbocycles. The van der Waals surface area contributed by atoms with Gasteiger partial charge in [0, 0.05) is 56.5 Å². The third-order valence-electron chi connectivity index (χ3n) is 16.6. The topological polar surface area (TPSA) is 48.1 Å². The molecule has 0 aromatic heterocycles. The standard InChI is InChI=1S/C48H64N4P2/c53-48(44-27-49-11-13-51-44,45-28-50-12-14-52-45)43-26-42(35-9-5-2-6-10-35)41(34-7-3-1-4-8-34)25-40(43)29-54(46-36-17-30-15-31(19-36)20-37(46)18-30)47-38-21-32-16-33(23-38)24-39(47)22-32/h1-10,25-26,30-33,36-39,44-47,49-52H,11-24,27-29,53H2. The van der Waals surface area contributed by atoms with E-state index in [-0.39, 0.29) is 13.1 Å². The SMILES string of the molecule is PC(c1cc(-c2ccccc2)c(-c2ccccc2)cc1CP(C1C2CC3CC(C2)CC1C3)C1C2CC3CC(C2)CC1C3)(C1CNCCN1)C1CNCCN1. The maximum atomic E-state index is 4.11. The molecule has 0 radical (unpaired) electrons. The first-order chi connectivity index (χ1) is 26.6. The van der Waals surface area contributed by atoms with Crippen LogP contribution >= 0.6 is 17.2 Å². The largest absolute Gasteiger partial charge is 0.314 e. The number of hydrogen-bond acceptors (Lipinski definition) is 4. The zero-order chi connectivity index (χ0) is 35.8. The number of hydrogen-bond donors (Lipinski definition) is 4. The van der Waals surface area contributed by atoms with E-state index in [2.05, 4.69) is 103 Å². The van der Waals surface area contributed by atoms with Crippen LogP contribution in [0.2, 0.25) is 0 Å². The predicted octanol–water partition coefficient (Wildman–Crippen LogP) is 8.85. The third kappa shape index (κ3) is 6.23. The molecule has 0 spiro atoms. The zero-order valence-electron chi connectivity index (χ0n) is 32.4. The maximum absolute atomic E-state index is 4.11. The van der Waals surface area contributed by atoms with Crippen LogP contribution in [0.4, 0.5) is 0 Å². The summed E-state index contributed by atoms with van der Waals surface area (Å²) in [6.07, 6.45) is 16.9. The monoisotopic (exact) mass is 758 g/mol. The second-order valence-electron chi connectivity index (χ2n) is 19.7. The van der Waals surface area contributed by atoms with Crippen LogP contribution < -0.4 is 21.3 Å². The van der Waals surface area contributed by atoms with E-state index in [0.717, 1.165) is 97.9 Å². The number of benzene rings is 3. The lowest BCUT2D eigenvalue weighted by Crippen LogP contribution is -2.66. The van der Waals surface area contributed by atoms with Crippen molar-refractivity contribution in [2.24, 2.45) is 47.3 Å². The van der Waals surface area contributed by atoms with Crippen molar-refractivity contribution in [1.29, 1.82) is 0 Å². The summed E-state index contributed by atoms with van der Waals surface area (Å²) in [4.78, 5) is 0. The van der Waals surface area contributed by atoms with Gasteiger partial charge in [-0.2, -0.15) is 0 Å². The van der Waals surface area contributed by atoms with Crippen molar-refractivity contribution in [1.82, 2.24) is 21.3 Å². The van der Waals surface area contributed by atoms with Crippen molar-refractivity contribution in [3.63, 3.8) is 0 Å². The molecular formula is C48H64N4P2. The smallest absolute Gasteiger partial charge is 0.0429 e. The summed E-state index contributed by atoms with van der Waals surface area (Å²) in [7, 11) is 3.43. The highest BCUT2D eigenvalue weighted by molar-refractivity contribution is 7.58. The zero-order valence-corrected chi connectivity index (χ0v) is 34.5. The van der Waals surface area contributed by atoms with Crippen LogP contribution in [-0.2, 0) is 11.3 Å². The minimum atomic E-state index is -0.163. The summed E-state index contributed by atoms with van der Waals surface area (Å²) in [6, 6.07) is 29.0. The van der Waals surface area contributed by atoms with Crippen molar-refractivity contribution in [2.75, 3.05) is 39.3 Å². The number of nitrogens with one attached hydrogen (secondary N) is 4. The lowest BCUT2D eigenvalue weighted by Gasteiger charge is -2.62. The minimum Gasteiger partial charge on any atom is -0.314 e. The van der Waals surface area contributed by atoms with Gasteiger partial charge in [-0.05, 0) is 175 Å². The van der Waals surface area contributed by atoms with Gasteiger partial charge in [-0.15, -0.1) is 9.24 Å². The molecule has 8 aliphatic carbocycles. The molecule has 10 aliphatic rings. The fourth-order valence-electron chi connectivity index (χ4n) is 15.0. The summed E-state index contributed by atoms with van der Waals surface area (Å²) in [5, 5.41) is 15.7. The van der Waals surface area contributed by atoms with Crippen molar-refractivity contribution < 1.29 is 0 Å². The van der Waals surface area contributed by atoms with Gasteiger partial charge in [-0.3, -0.25) is 0 Å². The Morgan fingerprint density at radius 3 is 1.37 bits per heavy atom. The van der Waals surface area contributed by atoms with Crippen LogP contribution in [0.25, 0.3) is 22.3 Å². The Morgan fingerprint density at radius 2 is 0.963 bits per heavy atom. The van der Waals surface area contributed by atoms with Crippen LogP contribution in [0.3, 0.4) is 0 Å². The molecule has 6 heteroatoms. The van der Waals surface area contributed by atoms with Gasteiger partial charge in [0.1, 0.15) is 0 Å². The molecule has 0 amide bonds. The van der Waals surface area contributed by atoms with Crippen LogP contribution in [0, 0.1) is 47.3 Å². The summed E-state index contributed by atoms with van der Waals surface area (Å²) < 4.78 is 0. The highest BCUT2D eigenvalue weighted by Crippen LogP contribution is 2.72. The van der Waals surface area contributed by atoms with Crippen LogP contribution in [0.1, 0.15) is 75.3 Å². The van der Waals surface area contributed by atoms with Gasteiger partial charge in [0.15, 0.2) is 0 Å². The van der Waals surface area contributed by atoms with Crippen molar-refractivity contribution in [2.45, 2.75) is 98.9 Å². The molecule has 4 nitrogen and oxygen atoms in total. The third-order valence-corrected chi connectivity index (χ3v) is 21.6. The van der Waals surface area contributed by atoms with Crippen LogP contribution in [-0.4, -0.2) is 62.7 Å². The first-order valence-electron chi connectivity index (χ1n) is 22.3. The van der Waals surface area contributed by atoms with E-state index in [1.807, 2.05) is 0 Å². The molecule has 2 saturated heterocycles. The summed E-state index contributed by atoms with van der Waals surface area (Å²) in [5.41, 5.74) is 10.8. The lowest BCUT2D eigenvalue weighted by molar-refractivity contribution is 0.0129. The van der Waals surface area contributed by atoms with Gasteiger partial charge in [0.2, 0.25) is 0 Å². The quantitative estimate of drug-likeness (QED) is 0.165. The highest BCUT2D eigenvalue weighted by Gasteiger charge is 2.57. The average molecular weight is 759 g/mol. The van der Waals surface area contributed by atoms with Gasteiger partial charge in [0.05, 0.1) is 0 Å². The number of piperazine rings is 2. The Hall–Kier alpha value is -1.64. The Labute approximate surface area is 328 Å². The normalized spacial score (nSPS) is 39.7. The van der Waals surface area contributed by atoms with E-state index >= 15 is 0 Å². The second-order valence-corrected chi connectivity index (χ2v) is 23.1. The summed E-state index contributed by atoms with van der Waals surface area (Å²) >= 11 is 0. The summed E-state index contributed by atoms with van der Waals surface area (Å²) in [6.45, 7) is 6.15. The summed E-state index contributed by atoms with van der Waals surface area (Å²) in [5.74, 6) is 8.16. The molecule has 2 heterocycles. The van der Waals surface area contributed by atoms with Gasteiger partial charge in [-0.1, -0.05) is 68.6 Å². The predicted molar refractivity (Wildman–Crippen MR) is 230 cm³/mol. The van der Waals surface area contributed by atoms with Crippen molar-refractivity contribution in [3.8, 4) is 22.3 Å². The fraction of sp³-hybridized carbons (Fsp3) is 0.625. The second kappa shape index (κ2) is 14.6. The molecule has 3 atom stereocenters. The molecular weight excluding hydrogens is 695 g/mol. The maximum Gasteiger partial charge on any atom is 0.0429 e. The molecule has 2 aliphatic heterocycles. The van der Waals surface area contributed by atoms with Gasteiger partial charge in [0.25, 0.3) is 0 Å². The van der Waals surface area contributed by atoms with Gasteiger partial charge >= 0.3 is 0 Å². The molecule has 4 N–H and O–H groups in total. The molecule has 3 aromatic rings. The van der Waals surface area contributed by atoms with E-state index < -0.39 is 0 Å². The number of rotatable bonds is 9. The van der Waals surface area contributed by atoms with Gasteiger partial charge in [-0.25, -0.2) is 0 Å². The van der Waals surface area contributed by atoms with E-state index in [1.165, 1.54) is 28.4 Å². The van der Waals surface area contributed by atoms with Gasteiger partial charge < -0.3 is 21.3 Å². The molecule has 3 unspecified atom stereocenters. The molecule has 54 heavy (non-hydrogen) atoms. The first kappa shape index (κ1) is 35.5. The fourth-order valence-corrected chi connectivity index (χ4v) is 20.3. The molecule has 286 valence electrons. The van der Waals surface area contributed by atoms with E-state index in [9.17, 15) is 0 Å². The highest BCUT2D eigenvalue weighted by atomic mass is 31.1. The van der Waals surface area contributed by atoms with Crippen molar-refractivity contribution >= 4 is 17.2 Å². The van der Waals surface area contributed by atoms with Crippen molar-refractivity contribution in [3.05, 3.63) is 83.9 Å². The molecule has 10 fully saturated rings. The molecule has 8 bridgehead atoms. The van der Waals surface area contributed by atoms with Crippen LogP contribution in [0.5, 0.6) is 0 Å². The molecule has 13 rings (SSSR count). The Bertz CT molecular complexity index is 1670. The first-order valence-corrected chi connectivity index (χ1v) is 24.5. The Kier molecular flexibility index (Phi) is 9.62. The van der Waals surface area contributed by atoms with E-state index in [1.54, 1.807) is 75.3 Å². The average Bonchev–Trinajstić information content (AvgIpc) is 3.21. The minimum absolute atomic E-state index is 0.161. The lowest BCUT2D eigenvalue weighted by atomic mass is 9.55. The Balaban J connectivity index is 1.11. The van der Waals surface area contributed by atoms with E-state index in [4.69, 9.17) is 0 Å².